The Morgan fingerprint density at radius 2 is 1.26 bits per heavy atom. The van der Waals surface area contributed by atoms with E-state index in [1.165, 1.54) is 0 Å². The zero-order valence-corrected chi connectivity index (χ0v) is 11.1. The molecule has 0 heterocycles. The van der Waals surface area contributed by atoms with Gasteiger partial charge in [0.25, 0.3) is 0 Å². The topological polar surface area (TPSA) is 18.5 Å². The van der Waals surface area contributed by atoms with Gasteiger partial charge in [0.1, 0.15) is 11.5 Å². The molecule has 0 atom stereocenters. The second-order valence-corrected chi connectivity index (χ2v) is 3.94. The van der Waals surface area contributed by atoms with Gasteiger partial charge in [-0.15, -0.1) is 0 Å². The Morgan fingerprint density at radius 3 is 1.68 bits per heavy atom. The Hall–Kier alpha value is -2.40. The third-order valence-electron chi connectivity index (χ3n) is 2.61. The number of hydrogen-bond donors (Lipinski definition) is 0. The SMILES string of the molecule is CCOc1ccc(C#Cc2ccc(OC)cc2)cc1. The van der Waals surface area contributed by atoms with E-state index < -0.39 is 0 Å². The third kappa shape index (κ3) is 3.79. The van der Waals surface area contributed by atoms with Crippen LogP contribution in [0.5, 0.6) is 11.5 Å². The van der Waals surface area contributed by atoms with E-state index >= 15 is 0 Å². The highest BCUT2D eigenvalue weighted by Gasteiger charge is 1.92. The molecule has 0 unspecified atom stereocenters. The van der Waals surface area contributed by atoms with Gasteiger partial charge < -0.3 is 9.47 Å². The number of rotatable bonds is 3. The molecule has 2 nitrogen and oxygen atoms in total. The van der Waals surface area contributed by atoms with E-state index in [1.54, 1.807) is 7.11 Å². The van der Waals surface area contributed by atoms with Gasteiger partial charge in [-0.05, 0) is 55.5 Å². The van der Waals surface area contributed by atoms with Crippen LogP contribution in [-0.2, 0) is 0 Å². The van der Waals surface area contributed by atoms with Crippen LogP contribution in [0.1, 0.15) is 18.1 Å². The van der Waals surface area contributed by atoms with Crippen LogP contribution in [-0.4, -0.2) is 13.7 Å². The summed E-state index contributed by atoms with van der Waals surface area (Å²) in [5, 5.41) is 0. The molecule has 0 aliphatic carbocycles. The quantitative estimate of drug-likeness (QED) is 0.778. The molecule has 0 bridgehead atoms. The molecule has 0 amide bonds. The van der Waals surface area contributed by atoms with Crippen LogP contribution in [0.4, 0.5) is 0 Å². The summed E-state index contributed by atoms with van der Waals surface area (Å²) in [6.45, 7) is 2.65. The normalized spacial score (nSPS) is 9.37. The fraction of sp³-hybridized carbons (Fsp3) is 0.176. The monoisotopic (exact) mass is 252 g/mol. The average Bonchev–Trinajstić information content (AvgIpc) is 2.47. The van der Waals surface area contributed by atoms with E-state index in [0.29, 0.717) is 6.61 Å². The first kappa shape index (κ1) is 13.0. The summed E-state index contributed by atoms with van der Waals surface area (Å²) in [5.74, 6) is 7.95. The van der Waals surface area contributed by atoms with Crippen LogP contribution >= 0.6 is 0 Å². The highest BCUT2D eigenvalue weighted by Crippen LogP contribution is 2.12. The van der Waals surface area contributed by atoms with Crippen molar-refractivity contribution >= 4 is 0 Å². The van der Waals surface area contributed by atoms with Gasteiger partial charge in [0.05, 0.1) is 13.7 Å². The Balaban J connectivity index is 2.09. The summed E-state index contributed by atoms with van der Waals surface area (Å²) >= 11 is 0. The van der Waals surface area contributed by atoms with E-state index in [1.807, 2.05) is 55.5 Å². The van der Waals surface area contributed by atoms with Crippen molar-refractivity contribution in [2.24, 2.45) is 0 Å². The Labute approximate surface area is 114 Å². The minimum absolute atomic E-state index is 0.677. The first-order chi connectivity index (χ1) is 9.31. The number of hydrogen-bond acceptors (Lipinski definition) is 2. The third-order valence-corrected chi connectivity index (χ3v) is 2.61. The van der Waals surface area contributed by atoms with Crippen LogP contribution in [0.15, 0.2) is 48.5 Å². The van der Waals surface area contributed by atoms with Gasteiger partial charge >= 0.3 is 0 Å². The van der Waals surface area contributed by atoms with Crippen molar-refractivity contribution < 1.29 is 9.47 Å². The van der Waals surface area contributed by atoms with Crippen LogP contribution in [0.3, 0.4) is 0 Å². The minimum Gasteiger partial charge on any atom is -0.497 e. The second-order valence-electron chi connectivity index (χ2n) is 3.94. The fourth-order valence-corrected chi connectivity index (χ4v) is 1.62. The average molecular weight is 252 g/mol. The van der Waals surface area contributed by atoms with Crippen LogP contribution in [0.25, 0.3) is 0 Å². The van der Waals surface area contributed by atoms with Gasteiger partial charge in [0.15, 0.2) is 0 Å². The van der Waals surface area contributed by atoms with Crippen molar-refractivity contribution in [3.63, 3.8) is 0 Å². The van der Waals surface area contributed by atoms with Gasteiger partial charge in [-0.2, -0.15) is 0 Å². The maximum atomic E-state index is 5.39. The highest BCUT2D eigenvalue weighted by atomic mass is 16.5. The lowest BCUT2D eigenvalue weighted by molar-refractivity contribution is 0.340. The molecule has 2 heteroatoms. The van der Waals surface area contributed by atoms with Crippen molar-refractivity contribution in [2.45, 2.75) is 6.92 Å². The van der Waals surface area contributed by atoms with Crippen LogP contribution < -0.4 is 9.47 Å². The van der Waals surface area contributed by atoms with Crippen molar-refractivity contribution in [1.29, 1.82) is 0 Å². The molecule has 0 spiro atoms. The molecule has 0 N–H and O–H groups in total. The lowest BCUT2D eigenvalue weighted by Crippen LogP contribution is -1.90. The van der Waals surface area contributed by atoms with Gasteiger partial charge in [-0.3, -0.25) is 0 Å². The lowest BCUT2D eigenvalue weighted by atomic mass is 10.2. The van der Waals surface area contributed by atoms with Crippen LogP contribution in [0.2, 0.25) is 0 Å². The summed E-state index contributed by atoms with van der Waals surface area (Å²) in [6, 6.07) is 15.5. The molecular formula is C17H16O2. The lowest BCUT2D eigenvalue weighted by Gasteiger charge is -2.01. The van der Waals surface area contributed by atoms with Crippen molar-refractivity contribution in [1.82, 2.24) is 0 Å². The second kappa shape index (κ2) is 6.51. The van der Waals surface area contributed by atoms with Crippen molar-refractivity contribution in [3.05, 3.63) is 59.7 Å². The molecule has 0 aliphatic heterocycles. The zero-order chi connectivity index (χ0) is 13.5. The maximum Gasteiger partial charge on any atom is 0.119 e. The molecule has 0 radical (unpaired) electrons. The Kier molecular flexibility index (Phi) is 4.47. The molecule has 19 heavy (non-hydrogen) atoms. The Morgan fingerprint density at radius 1 is 0.789 bits per heavy atom. The summed E-state index contributed by atoms with van der Waals surface area (Å²) in [7, 11) is 1.65. The largest absolute Gasteiger partial charge is 0.497 e. The summed E-state index contributed by atoms with van der Waals surface area (Å²) in [4.78, 5) is 0. The maximum absolute atomic E-state index is 5.39. The van der Waals surface area contributed by atoms with E-state index in [0.717, 1.165) is 22.6 Å². The van der Waals surface area contributed by atoms with Gasteiger partial charge in [0.2, 0.25) is 0 Å². The number of benzene rings is 2. The van der Waals surface area contributed by atoms with Gasteiger partial charge in [-0.25, -0.2) is 0 Å². The fourth-order valence-electron chi connectivity index (χ4n) is 1.62. The predicted molar refractivity (Wildman–Crippen MR) is 76.6 cm³/mol. The molecule has 0 aliphatic rings. The van der Waals surface area contributed by atoms with Crippen molar-refractivity contribution in [2.75, 3.05) is 13.7 Å². The predicted octanol–water partition coefficient (Wildman–Crippen LogP) is 3.49. The van der Waals surface area contributed by atoms with Crippen LogP contribution in [0, 0.1) is 11.8 Å². The van der Waals surface area contributed by atoms with E-state index in [9.17, 15) is 0 Å². The van der Waals surface area contributed by atoms with Gasteiger partial charge in [0, 0.05) is 11.1 Å². The number of methoxy groups -OCH3 is 1. The van der Waals surface area contributed by atoms with E-state index in [4.69, 9.17) is 9.47 Å². The first-order valence-electron chi connectivity index (χ1n) is 6.21. The number of ether oxygens (including phenoxy) is 2. The standard InChI is InChI=1S/C17H16O2/c1-3-19-17-12-8-15(9-13-17)5-4-14-6-10-16(18-2)11-7-14/h6-13H,3H2,1-2H3. The van der Waals surface area contributed by atoms with Crippen molar-refractivity contribution in [3.8, 4) is 23.3 Å². The molecule has 2 aromatic rings. The summed E-state index contributed by atoms with van der Waals surface area (Å²) < 4.78 is 10.5. The first-order valence-corrected chi connectivity index (χ1v) is 6.21. The summed E-state index contributed by atoms with van der Waals surface area (Å²) in [6.07, 6.45) is 0. The molecule has 0 saturated carbocycles. The molecule has 0 aromatic heterocycles. The zero-order valence-electron chi connectivity index (χ0n) is 11.1. The molecule has 2 rings (SSSR count). The van der Waals surface area contributed by atoms with E-state index in [2.05, 4.69) is 11.8 Å². The highest BCUT2D eigenvalue weighted by molar-refractivity contribution is 5.45. The molecular weight excluding hydrogens is 236 g/mol. The molecule has 2 aromatic carbocycles. The molecule has 96 valence electrons. The van der Waals surface area contributed by atoms with Gasteiger partial charge in [-0.1, -0.05) is 11.8 Å². The molecule has 0 saturated heterocycles. The minimum atomic E-state index is 0.677. The Bertz CT molecular complexity index is 571. The summed E-state index contributed by atoms with van der Waals surface area (Å²) in [5.41, 5.74) is 1.94. The molecule has 0 fully saturated rings. The smallest absolute Gasteiger partial charge is 0.119 e. The van der Waals surface area contributed by atoms with E-state index in [-0.39, 0.29) is 0 Å².